The number of hydrogen-bond donors (Lipinski definition) is 2. The van der Waals surface area contributed by atoms with E-state index in [2.05, 4.69) is 38.2 Å². The highest BCUT2D eigenvalue weighted by molar-refractivity contribution is 7.47. The lowest BCUT2D eigenvalue weighted by molar-refractivity contribution is -0.161. The number of rotatable bonds is 37. The number of esters is 2. The van der Waals surface area contributed by atoms with Gasteiger partial charge in [-0.15, -0.1) is 0 Å². The second-order valence-electron chi connectivity index (χ2n) is 13.2. The molecule has 49 heavy (non-hydrogen) atoms. The van der Waals surface area contributed by atoms with Crippen molar-refractivity contribution < 1.29 is 37.6 Å². The third-order valence-electron chi connectivity index (χ3n) is 8.34. The molecule has 0 saturated heterocycles. The third-order valence-corrected chi connectivity index (χ3v) is 9.32. The van der Waals surface area contributed by atoms with E-state index in [9.17, 15) is 19.0 Å². The molecular weight excluding hydrogens is 641 g/mol. The second kappa shape index (κ2) is 36.3. The van der Waals surface area contributed by atoms with Crippen LogP contribution in [0.2, 0.25) is 0 Å². The molecule has 0 aromatic heterocycles. The van der Waals surface area contributed by atoms with E-state index in [4.69, 9.17) is 24.3 Å². The molecule has 0 heterocycles. The van der Waals surface area contributed by atoms with Crippen LogP contribution in [-0.2, 0) is 32.7 Å². The predicted octanol–water partition coefficient (Wildman–Crippen LogP) is 10.8. The molecule has 288 valence electrons. The molecule has 0 radical (unpaired) electrons. The van der Waals surface area contributed by atoms with Gasteiger partial charge in [-0.1, -0.05) is 147 Å². The van der Waals surface area contributed by atoms with Crippen LogP contribution < -0.4 is 5.73 Å². The maximum Gasteiger partial charge on any atom is 0.472 e. The Morgan fingerprint density at radius 2 is 1.06 bits per heavy atom. The van der Waals surface area contributed by atoms with E-state index in [0.717, 1.165) is 57.8 Å². The lowest BCUT2D eigenvalue weighted by Crippen LogP contribution is -2.29. The summed E-state index contributed by atoms with van der Waals surface area (Å²) in [6, 6.07) is 0. The van der Waals surface area contributed by atoms with Gasteiger partial charge in [-0.25, -0.2) is 4.57 Å². The van der Waals surface area contributed by atoms with Crippen molar-refractivity contribution in [2.45, 2.75) is 187 Å². The second-order valence-corrected chi connectivity index (χ2v) is 14.6. The Balaban J connectivity index is 4.22. The monoisotopic (exact) mass is 716 g/mol. The maximum absolute atomic E-state index is 12.5. The van der Waals surface area contributed by atoms with Gasteiger partial charge in [0.15, 0.2) is 6.10 Å². The summed E-state index contributed by atoms with van der Waals surface area (Å²) in [5.74, 6) is -0.841. The molecule has 0 spiro atoms. The van der Waals surface area contributed by atoms with Crippen molar-refractivity contribution in [1.82, 2.24) is 0 Å². The number of carbonyl (C=O) groups excluding carboxylic acids is 2. The first kappa shape index (κ1) is 47.5. The number of allylic oxidation sites excluding steroid dienone is 4. The first-order valence-electron chi connectivity index (χ1n) is 19.8. The van der Waals surface area contributed by atoms with Crippen molar-refractivity contribution in [2.75, 3.05) is 26.4 Å². The Morgan fingerprint density at radius 3 is 1.59 bits per heavy atom. The molecule has 0 aromatic carbocycles. The van der Waals surface area contributed by atoms with Crippen LogP contribution in [-0.4, -0.2) is 49.3 Å². The minimum Gasteiger partial charge on any atom is -0.462 e. The molecule has 0 aliphatic carbocycles. The molecule has 0 amide bonds. The van der Waals surface area contributed by atoms with Crippen LogP contribution in [0.4, 0.5) is 0 Å². The Labute approximate surface area is 300 Å². The summed E-state index contributed by atoms with van der Waals surface area (Å²) in [6.45, 7) is 3.69. The van der Waals surface area contributed by atoms with E-state index in [0.29, 0.717) is 6.42 Å². The number of ether oxygens (including phenoxy) is 2. The smallest absolute Gasteiger partial charge is 0.462 e. The quantitative estimate of drug-likeness (QED) is 0.0279. The molecule has 0 fully saturated rings. The van der Waals surface area contributed by atoms with E-state index < -0.39 is 26.5 Å². The van der Waals surface area contributed by atoms with Gasteiger partial charge in [-0.3, -0.25) is 18.6 Å². The maximum atomic E-state index is 12.5. The van der Waals surface area contributed by atoms with Gasteiger partial charge in [0.2, 0.25) is 0 Å². The van der Waals surface area contributed by atoms with Crippen LogP contribution in [0.25, 0.3) is 0 Å². The highest BCUT2D eigenvalue weighted by Gasteiger charge is 2.25. The highest BCUT2D eigenvalue weighted by atomic mass is 31.2. The van der Waals surface area contributed by atoms with Crippen molar-refractivity contribution in [3.63, 3.8) is 0 Å². The van der Waals surface area contributed by atoms with Crippen LogP contribution in [0.1, 0.15) is 181 Å². The van der Waals surface area contributed by atoms with Gasteiger partial charge in [0.05, 0.1) is 13.2 Å². The van der Waals surface area contributed by atoms with Gasteiger partial charge in [0.25, 0.3) is 0 Å². The number of nitrogens with two attached hydrogens (primary N) is 1. The Morgan fingerprint density at radius 1 is 0.612 bits per heavy atom. The standard InChI is InChI=1S/C39H74NO8P/c1-3-5-7-9-11-13-15-17-18-20-22-24-26-28-30-32-39(42)48-37(36-47-49(43,44)46-34-33-40)35-45-38(41)31-29-27-25-23-21-19-16-14-12-10-8-6-4-2/h11,13,17-18,37H,3-10,12,14-16,19-36,40H2,1-2H3,(H,43,44)/b13-11-,18-17-. The molecule has 2 unspecified atom stereocenters. The molecule has 9 nitrogen and oxygen atoms in total. The van der Waals surface area contributed by atoms with Crippen molar-refractivity contribution in [3.8, 4) is 0 Å². The lowest BCUT2D eigenvalue weighted by atomic mass is 10.0. The Bertz CT molecular complexity index is 866. The molecule has 0 aliphatic rings. The Kier molecular flexibility index (Phi) is 35.2. The van der Waals surface area contributed by atoms with Crippen molar-refractivity contribution in [3.05, 3.63) is 24.3 Å². The molecule has 0 rings (SSSR count). The van der Waals surface area contributed by atoms with Gasteiger partial charge in [-0.2, -0.15) is 0 Å². The average Bonchev–Trinajstić information content (AvgIpc) is 3.08. The number of phosphoric acid groups is 1. The highest BCUT2D eigenvalue weighted by Crippen LogP contribution is 2.43. The fourth-order valence-corrected chi connectivity index (χ4v) is 6.13. The van der Waals surface area contributed by atoms with E-state index in [-0.39, 0.29) is 38.6 Å². The molecule has 0 aromatic rings. The largest absolute Gasteiger partial charge is 0.472 e. The third kappa shape index (κ3) is 36.1. The van der Waals surface area contributed by atoms with Gasteiger partial charge >= 0.3 is 19.8 Å². The summed E-state index contributed by atoms with van der Waals surface area (Å²) >= 11 is 0. The van der Waals surface area contributed by atoms with Gasteiger partial charge in [0.1, 0.15) is 6.61 Å². The summed E-state index contributed by atoms with van der Waals surface area (Å²) in [5, 5.41) is 0. The number of unbranched alkanes of at least 4 members (excludes halogenated alkanes) is 20. The van der Waals surface area contributed by atoms with Crippen molar-refractivity contribution in [1.29, 1.82) is 0 Å². The Hall–Kier alpha value is -1.51. The zero-order valence-electron chi connectivity index (χ0n) is 31.4. The number of phosphoric ester groups is 1. The van der Waals surface area contributed by atoms with Crippen LogP contribution >= 0.6 is 7.82 Å². The SMILES string of the molecule is CCCCC/C=C\C/C=C\CCCCCCCC(=O)OC(COC(=O)CCCCCCCCCCCCCCC)COP(=O)(O)OCCN. The molecule has 0 saturated carbocycles. The zero-order chi connectivity index (χ0) is 36.1. The molecule has 10 heteroatoms. The van der Waals surface area contributed by atoms with Crippen LogP contribution in [0.15, 0.2) is 24.3 Å². The van der Waals surface area contributed by atoms with E-state index in [1.54, 1.807) is 0 Å². The summed E-state index contributed by atoms with van der Waals surface area (Å²) in [5.41, 5.74) is 5.33. The molecule has 0 bridgehead atoms. The van der Waals surface area contributed by atoms with Gasteiger partial charge < -0.3 is 20.1 Å². The fraction of sp³-hybridized carbons (Fsp3) is 0.846. The lowest BCUT2D eigenvalue weighted by Gasteiger charge is -2.19. The van der Waals surface area contributed by atoms with E-state index in [1.807, 2.05) is 0 Å². The summed E-state index contributed by atoms with van der Waals surface area (Å²) in [7, 11) is -4.37. The fourth-order valence-electron chi connectivity index (χ4n) is 5.37. The zero-order valence-corrected chi connectivity index (χ0v) is 32.3. The first-order chi connectivity index (χ1) is 23.8. The molecule has 3 N–H and O–H groups in total. The van der Waals surface area contributed by atoms with Crippen LogP contribution in [0, 0.1) is 0 Å². The van der Waals surface area contributed by atoms with Gasteiger partial charge in [-0.05, 0) is 44.9 Å². The van der Waals surface area contributed by atoms with E-state index in [1.165, 1.54) is 89.9 Å². The predicted molar refractivity (Wildman–Crippen MR) is 201 cm³/mol. The van der Waals surface area contributed by atoms with E-state index >= 15 is 0 Å². The van der Waals surface area contributed by atoms with Crippen LogP contribution in [0.5, 0.6) is 0 Å². The summed E-state index contributed by atoms with van der Waals surface area (Å²) < 4.78 is 32.7. The normalized spacial score (nSPS) is 13.6. The number of hydrogen-bond acceptors (Lipinski definition) is 8. The topological polar surface area (TPSA) is 134 Å². The van der Waals surface area contributed by atoms with Crippen molar-refractivity contribution >= 4 is 19.8 Å². The van der Waals surface area contributed by atoms with Crippen molar-refractivity contribution in [2.24, 2.45) is 5.73 Å². The molecule has 0 aliphatic heterocycles. The minimum atomic E-state index is -4.37. The first-order valence-corrected chi connectivity index (χ1v) is 21.3. The average molecular weight is 716 g/mol. The molecular formula is C39H74NO8P. The minimum absolute atomic E-state index is 0.0523. The van der Waals surface area contributed by atoms with Gasteiger partial charge in [0, 0.05) is 19.4 Å². The van der Waals surface area contributed by atoms with Crippen LogP contribution in [0.3, 0.4) is 0 Å². The molecule has 2 atom stereocenters. The summed E-state index contributed by atoms with van der Waals surface area (Å²) in [4.78, 5) is 34.7. The summed E-state index contributed by atoms with van der Waals surface area (Å²) in [6.07, 6.45) is 36.3. The number of carbonyl (C=O) groups is 2.